The molecule has 1 aliphatic rings. The summed E-state index contributed by atoms with van der Waals surface area (Å²) in [5, 5.41) is 0. The van der Waals surface area contributed by atoms with Gasteiger partial charge in [0.05, 0.1) is 0 Å². The number of hydrogen-bond acceptors (Lipinski definition) is 1. The molecule has 0 spiro atoms. The Morgan fingerprint density at radius 2 is 1.54 bits per heavy atom. The van der Waals surface area contributed by atoms with E-state index in [0.29, 0.717) is 5.92 Å². The van der Waals surface area contributed by atoms with Crippen LogP contribution in [0.15, 0.2) is 0 Å². The van der Waals surface area contributed by atoms with Gasteiger partial charge in [-0.05, 0) is 47.6 Å². The maximum Gasteiger partial charge on any atom is 0.0235 e. The molecule has 0 radical (unpaired) electrons. The fourth-order valence-corrected chi connectivity index (χ4v) is 2.49. The highest BCUT2D eigenvalue weighted by molar-refractivity contribution is 5.06. The SMILES string of the molecule is C#CC1CC(C)(C)N(C)C(C)(C)C1. The molecule has 0 saturated carbocycles. The van der Waals surface area contributed by atoms with Crippen molar-refractivity contribution in [2.75, 3.05) is 7.05 Å². The molecule has 1 saturated heterocycles. The van der Waals surface area contributed by atoms with Gasteiger partial charge in [-0.2, -0.15) is 0 Å². The lowest BCUT2D eigenvalue weighted by Crippen LogP contribution is -2.58. The molecule has 1 nitrogen and oxygen atoms in total. The highest BCUT2D eigenvalue weighted by atomic mass is 15.2. The van der Waals surface area contributed by atoms with E-state index in [1.165, 1.54) is 0 Å². The van der Waals surface area contributed by atoms with E-state index in [1.54, 1.807) is 0 Å². The van der Waals surface area contributed by atoms with Gasteiger partial charge in [0, 0.05) is 17.0 Å². The lowest BCUT2D eigenvalue weighted by Gasteiger charge is -2.52. The van der Waals surface area contributed by atoms with E-state index in [-0.39, 0.29) is 11.1 Å². The third kappa shape index (κ3) is 1.89. The van der Waals surface area contributed by atoms with Crippen LogP contribution in [0.2, 0.25) is 0 Å². The third-order valence-electron chi connectivity index (χ3n) is 3.54. The number of piperidine rings is 1. The van der Waals surface area contributed by atoms with Gasteiger partial charge in [0.1, 0.15) is 0 Å². The lowest BCUT2D eigenvalue weighted by atomic mass is 9.74. The van der Waals surface area contributed by atoms with E-state index < -0.39 is 0 Å². The van der Waals surface area contributed by atoms with E-state index >= 15 is 0 Å². The maximum absolute atomic E-state index is 5.52. The van der Waals surface area contributed by atoms with Gasteiger partial charge in [0.25, 0.3) is 0 Å². The van der Waals surface area contributed by atoms with Crippen molar-refractivity contribution in [1.29, 1.82) is 0 Å². The molecule has 1 heteroatoms. The normalized spacial score (nSPS) is 28.3. The molecule has 0 aromatic heterocycles. The first-order chi connectivity index (χ1) is 5.79. The Labute approximate surface area is 82.5 Å². The van der Waals surface area contributed by atoms with Gasteiger partial charge >= 0.3 is 0 Å². The van der Waals surface area contributed by atoms with Crippen LogP contribution in [0.25, 0.3) is 0 Å². The molecule has 1 aliphatic heterocycles. The molecular weight excluding hydrogens is 158 g/mol. The van der Waals surface area contributed by atoms with Crippen LogP contribution < -0.4 is 0 Å². The van der Waals surface area contributed by atoms with Crippen molar-refractivity contribution in [1.82, 2.24) is 4.90 Å². The number of terminal acetylenes is 1. The predicted octanol–water partition coefficient (Wildman–Crippen LogP) is 2.52. The molecule has 74 valence electrons. The maximum atomic E-state index is 5.52. The van der Waals surface area contributed by atoms with Crippen LogP contribution in [0.1, 0.15) is 40.5 Å². The summed E-state index contributed by atoms with van der Waals surface area (Å²) in [4.78, 5) is 2.45. The molecule has 0 atom stereocenters. The monoisotopic (exact) mass is 179 g/mol. The van der Waals surface area contributed by atoms with Gasteiger partial charge in [0.2, 0.25) is 0 Å². The summed E-state index contributed by atoms with van der Waals surface area (Å²) in [6, 6.07) is 0. The second-order valence-corrected chi connectivity index (χ2v) is 5.46. The molecule has 0 aromatic carbocycles. The molecule has 0 aliphatic carbocycles. The Kier molecular flexibility index (Phi) is 2.47. The van der Waals surface area contributed by atoms with Gasteiger partial charge in [-0.15, -0.1) is 12.3 Å². The van der Waals surface area contributed by atoms with Crippen LogP contribution >= 0.6 is 0 Å². The van der Waals surface area contributed by atoms with Gasteiger partial charge in [-0.3, -0.25) is 4.90 Å². The smallest absolute Gasteiger partial charge is 0.0235 e. The van der Waals surface area contributed by atoms with E-state index in [1.807, 2.05) is 0 Å². The average molecular weight is 179 g/mol. The van der Waals surface area contributed by atoms with E-state index in [2.05, 4.69) is 45.6 Å². The van der Waals surface area contributed by atoms with Crippen LogP contribution in [-0.2, 0) is 0 Å². The van der Waals surface area contributed by atoms with Crippen molar-refractivity contribution in [2.45, 2.75) is 51.6 Å². The lowest BCUT2D eigenvalue weighted by molar-refractivity contribution is -0.0174. The third-order valence-corrected chi connectivity index (χ3v) is 3.54. The minimum Gasteiger partial charge on any atom is -0.296 e. The number of hydrogen-bond donors (Lipinski definition) is 0. The fourth-order valence-electron chi connectivity index (χ4n) is 2.49. The highest BCUT2D eigenvalue weighted by Crippen LogP contribution is 2.39. The van der Waals surface area contributed by atoms with Crippen molar-refractivity contribution in [3.05, 3.63) is 0 Å². The van der Waals surface area contributed by atoms with Gasteiger partial charge in [0.15, 0.2) is 0 Å². The summed E-state index contributed by atoms with van der Waals surface area (Å²) in [7, 11) is 2.20. The molecular formula is C12H21N. The summed E-state index contributed by atoms with van der Waals surface area (Å²) in [6.07, 6.45) is 7.75. The Morgan fingerprint density at radius 1 is 1.15 bits per heavy atom. The molecule has 0 amide bonds. The topological polar surface area (TPSA) is 3.24 Å². The second-order valence-electron chi connectivity index (χ2n) is 5.46. The predicted molar refractivity (Wildman–Crippen MR) is 57.5 cm³/mol. The number of rotatable bonds is 0. The first-order valence-electron chi connectivity index (χ1n) is 5.00. The zero-order valence-electron chi connectivity index (χ0n) is 9.52. The molecule has 1 heterocycles. The Balaban J connectivity index is 2.90. The molecule has 13 heavy (non-hydrogen) atoms. The zero-order valence-corrected chi connectivity index (χ0v) is 9.52. The molecule has 0 aromatic rings. The first kappa shape index (κ1) is 10.6. The van der Waals surface area contributed by atoms with E-state index in [9.17, 15) is 0 Å². The van der Waals surface area contributed by atoms with Gasteiger partial charge in [-0.25, -0.2) is 0 Å². The quantitative estimate of drug-likeness (QED) is 0.516. The second kappa shape index (κ2) is 3.03. The Morgan fingerprint density at radius 3 is 1.85 bits per heavy atom. The summed E-state index contributed by atoms with van der Waals surface area (Å²) >= 11 is 0. The van der Waals surface area contributed by atoms with Gasteiger partial charge in [-0.1, -0.05) is 0 Å². The van der Waals surface area contributed by atoms with Crippen LogP contribution in [-0.4, -0.2) is 23.0 Å². The Bertz CT molecular complexity index is 214. The van der Waals surface area contributed by atoms with Gasteiger partial charge < -0.3 is 0 Å². The summed E-state index contributed by atoms with van der Waals surface area (Å²) < 4.78 is 0. The fraction of sp³-hybridized carbons (Fsp3) is 0.833. The first-order valence-corrected chi connectivity index (χ1v) is 5.00. The standard InChI is InChI=1S/C12H21N/c1-7-10-8-11(2,3)13(6)12(4,5)9-10/h1,10H,8-9H2,2-6H3. The highest BCUT2D eigenvalue weighted by Gasteiger charge is 2.42. The minimum atomic E-state index is 0.235. The Hall–Kier alpha value is -0.480. The zero-order chi connectivity index (χ0) is 10.3. The van der Waals surface area contributed by atoms with Crippen LogP contribution in [0.5, 0.6) is 0 Å². The van der Waals surface area contributed by atoms with Crippen molar-refractivity contribution < 1.29 is 0 Å². The van der Waals surface area contributed by atoms with Crippen LogP contribution in [0.3, 0.4) is 0 Å². The van der Waals surface area contributed by atoms with Crippen LogP contribution in [0, 0.1) is 18.3 Å². The molecule has 1 fully saturated rings. The molecule has 1 rings (SSSR count). The summed E-state index contributed by atoms with van der Waals surface area (Å²) in [5.41, 5.74) is 0.470. The van der Waals surface area contributed by atoms with E-state index in [0.717, 1.165) is 12.8 Å². The molecule has 0 bridgehead atoms. The van der Waals surface area contributed by atoms with E-state index in [4.69, 9.17) is 6.42 Å². The van der Waals surface area contributed by atoms with Crippen molar-refractivity contribution >= 4 is 0 Å². The minimum absolute atomic E-state index is 0.235. The summed E-state index contributed by atoms with van der Waals surface area (Å²) in [6.45, 7) is 9.10. The number of likely N-dealkylation sites (tertiary alicyclic amines) is 1. The van der Waals surface area contributed by atoms with Crippen molar-refractivity contribution in [2.24, 2.45) is 5.92 Å². The molecule has 0 N–H and O–H groups in total. The molecule has 0 unspecified atom stereocenters. The van der Waals surface area contributed by atoms with Crippen molar-refractivity contribution in [3.8, 4) is 12.3 Å². The van der Waals surface area contributed by atoms with Crippen LogP contribution in [0.4, 0.5) is 0 Å². The van der Waals surface area contributed by atoms with Crippen molar-refractivity contribution in [3.63, 3.8) is 0 Å². The average Bonchev–Trinajstić information content (AvgIpc) is 1.99. The number of nitrogens with zero attached hydrogens (tertiary/aromatic N) is 1. The summed E-state index contributed by atoms with van der Waals surface area (Å²) in [5.74, 6) is 3.35. The largest absolute Gasteiger partial charge is 0.296 e.